The molecule has 1 saturated heterocycles. The molecule has 0 saturated carbocycles. The van der Waals surface area contributed by atoms with Crippen molar-refractivity contribution in [1.29, 1.82) is 0 Å². The van der Waals surface area contributed by atoms with E-state index in [9.17, 15) is 16.8 Å². The maximum Gasteiger partial charge on any atom is 0.244 e. The maximum absolute atomic E-state index is 12.7. The number of benzene rings is 1. The molecular formula is C13H20N2O4S2. The average Bonchev–Trinajstić information content (AvgIpc) is 2.37. The highest BCUT2D eigenvalue weighted by atomic mass is 32.2. The van der Waals surface area contributed by atoms with Crippen LogP contribution in [0.3, 0.4) is 0 Å². The molecule has 1 aromatic rings. The van der Waals surface area contributed by atoms with Gasteiger partial charge in [0.1, 0.15) is 9.79 Å². The number of nitrogens with zero attached hydrogens (tertiary/aromatic N) is 1. The second-order valence-corrected chi connectivity index (χ2v) is 9.50. The first-order chi connectivity index (χ1) is 9.54. The van der Waals surface area contributed by atoms with Gasteiger partial charge in [0.25, 0.3) is 0 Å². The Labute approximate surface area is 126 Å². The zero-order chi connectivity index (χ0) is 15.9. The van der Waals surface area contributed by atoms with E-state index in [-0.39, 0.29) is 15.2 Å². The highest BCUT2D eigenvalue weighted by Crippen LogP contribution is 2.33. The van der Waals surface area contributed by atoms with E-state index in [4.69, 9.17) is 5.14 Å². The number of nitrogens with two attached hydrogens (primary N) is 1. The number of rotatable bonds is 3. The summed E-state index contributed by atoms with van der Waals surface area (Å²) in [4.78, 5) is -0.595. The van der Waals surface area contributed by atoms with E-state index in [2.05, 4.69) is 13.8 Å². The molecule has 0 atom stereocenters. The third-order valence-corrected chi connectivity index (χ3v) is 6.90. The predicted molar refractivity (Wildman–Crippen MR) is 79.6 cm³/mol. The number of piperidine rings is 1. The van der Waals surface area contributed by atoms with Crippen LogP contribution in [0, 0.1) is 5.41 Å². The predicted octanol–water partition coefficient (Wildman–Crippen LogP) is 1.14. The van der Waals surface area contributed by atoms with Gasteiger partial charge in [0, 0.05) is 13.1 Å². The van der Waals surface area contributed by atoms with Gasteiger partial charge in [0.05, 0.1) is 0 Å². The number of hydrogen-bond donors (Lipinski definition) is 1. The van der Waals surface area contributed by atoms with Crippen LogP contribution in [0.5, 0.6) is 0 Å². The van der Waals surface area contributed by atoms with Crippen molar-refractivity contribution in [2.75, 3.05) is 13.1 Å². The molecule has 1 heterocycles. The van der Waals surface area contributed by atoms with Gasteiger partial charge in [-0.2, -0.15) is 4.31 Å². The topological polar surface area (TPSA) is 97.5 Å². The smallest absolute Gasteiger partial charge is 0.225 e. The Hall–Kier alpha value is -0.960. The molecule has 0 aromatic heterocycles. The van der Waals surface area contributed by atoms with Crippen LogP contribution < -0.4 is 5.14 Å². The van der Waals surface area contributed by atoms with Crippen LogP contribution in [0.1, 0.15) is 26.7 Å². The third kappa shape index (κ3) is 3.45. The fraction of sp³-hybridized carbons (Fsp3) is 0.538. The van der Waals surface area contributed by atoms with Crippen molar-refractivity contribution in [1.82, 2.24) is 4.31 Å². The molecule has 2 N–H and O–H groups in total. The number of hydrogen-bond acceptors (Lipinski definition) is 4. The van der Waals surface area contributed by atoms with Crippen molar-refractivity contribution in [2.45, 2.75) is 36.5 Å². The first-order valence-corrected chi connectivity index (χ1v) is 9.65. The monoisotopic (exact) mass is 332 g/mol. The lowest BCUT2D eigenvalue weighted by Gasteiger charge is -2.36. The standard InChI is InChI=1S/C13H20N2O4S2/c1-13(2)7-9-15(10-8-13)21(18,19)12-6-4-3-5-11(12)20(14,16)17/h3-6H,7-10H2,1-2H3,(H2,14,16,17). The second kappa shape index (κ2) is 5.35. The average molecular weight is 332 g/mol. The SMILES string of the molecule is CC1(C)CCN(S(=O)(=O)c2ccccc2S(N)(=O)=O)CC1. The van der Waals surface area contributed by atoms with Gasteiger partial charge in [-0.15, -0.1) is 0 Å². The highest BCUT2D eigenvalue weighted by Gasteiger charge is 2.35. The Morgan fingerprint density at radius 3 is 1.95 bits per heavy atom. The molecule has 1 aliphatic heterocycles. The van der Waals surface area contributed by atoms with Crippen LogP contribution >= 0.6 is 0 Å². The fourth-order valence-electron chi connectivity index (χ4n) is 2.37. The van der Waals surface area contributed by atoms with Gasteiger partial charge in [-0.25, -0.2) is 22.0 Å². The van der Waals surface area contributed by atoms with Gasteiger partial charge in [-0.3, -0.25) is 0 Å². The minimum atomic E-state index is -4.08. The summed E-state index contributed by atoms with van der Waals surface area (Å²) < 4.78 is 49.8. The molecule has 118 valence electrons. The van der Waals surface area contributed by atoms with Gasteiger partial charge < -0.3 is 0 Å². The van der Waals surface area contributed by atoms with E-state index in [1.807, 2.05) is 0 Å². The molecule has 0 unspecified atom stereocenters. The van der Waals surface area contributed by atoms with E-state index < -0.39 is 20.0 Å². The summed E-state index contributed by atoms with van der Waals surface area (Å²) in [5.41, 5.74) is 0.103. The summed E-state index contributed by atoms with van der Waals surface area (Å²) in [6.45, 7) is 4.95. The van der Waals surface area contributed by atoms with Crippen molar-refractivity contribution in [2.24, 2.45) is 10.6 Å². The van der Waals surface area contributed by atoms with Crippen LogP contribution in [0.4, 0.5) is 0 Å². The molecule has 1 aliphatic rings. The molecule has 1 fully saturated rings. The van der Waals surface area contributed by atoms with E-state index >= 15 is 0 Å². The van der Waals surface area contributed by atoms with Gasteiger partial charge in [-0.05, 0) is 30.4 Å². The molecule has 2 rings (SSSR count). The summed E-state index contributed by atoms with van der Waals surface area (Å²) >= 11 is 0. The zero-order valence-corrected chi connectivity index (χ0v) is 13.7. The molecule has 0 amide bonds. The van der Waals surface area contributed by atoms with E-state index in [1.165, 1.54) is 28.6 Å². The second-order valence-electron chi connectivity index (χ2n) is 6.06. The Morgan fingerprint density at radius 2 is 1.48 bits per heavy atom. The summed E-state index contributed by atoms with van der Waals surface area (Å²) in [6.07, 6.45) is 1.48. The van der Waals surface area contributed by atoms with Crippen LogP contribution in [0.2, 0.25) is 0 Å². The number of sulfonamides is 2. The van der Waals surface area contributed by atoms with E-state index in [0.717, 1.165) is 12.8 Å². The fourth-order valence-corrected chi connectivity index (χ4v) is 5.16. The Balaban J connectivity index is 2.43. The Morgan fingerprint density at radius 1 is 1.00 bits per heavy atom. The van der Waals surface area contributed by atoms with Gasteiger partial charge in [0.15, 0.2) is 0 Å². The molecule has 1 aromatic carbocycles. The summed E-state index contributed by atoms with van der Waals surface area (Å²) in [5.74, 6) is 0. The first-order valence-electron chi connectivity index (χ1n) is 6.66. The van der Waals surface area contributed by atoms with Crippen molar-refractivity contribution in [3.63, 3.8) is 0 Å². The largest absolute Gasteiger partial charge is 0.244 e. The lowest BCUT2D eigenvalue weighted by molar-refractivity contribution is 0.195. The lowest BCUT2D eigenvalue weighted by Crippen LogP contribution is -2.41. The third-order valence-electron chi connectivity index (χ3n) is 3.85. The maximum atomic E-state index is 12.7. The molecule has 21 heavy (non-hydrogen) atoms. The van der Waals surface area contributed by atoms with Crippen molar-refractivity contribution in [3.05, 3.63) is 24.3 Å². The number of primary sulfonamides is 1. The molecule has 0 radical (unpaired) electrons. The zero-order valence-electron chi connectivity index (χ0n) is 12.1. The normalized spacial score (nSPS) is 20.3. The molecule has 0 bridgehead atoms. The van der Waals surface area contributed by atoms with Crippen molar-refractivity contribution in [3.8, 4) is 0 Å². The summed E-state index contributed by atoms with van der Waals surface area (Å²) in [6, 6.07) is 5.46. The first kappa shape index (κ1) is 16.4. The van der Waals surface area contributed by atoms with Gasteiger partial charge in [0.2, 0.25) is 20.0 Å². The molecule has 0 spiro atoms. The van der Waals surface area contributed by atoms with E-state index in [0.29, 0.717) is 13.1 Å². The Kier molecular flexibility index (Phi) is 4.18. The van der Waals surface area contributed by atoms with Gasteiger partial charge >= 0.3 is 0 Å². The van der Waals surface area contributed by atoms with Gasteiger partial charge in [-0.1, -0.05) is 26.0 Å². The Bertz CT molecular complexity index is 729. The minimum absolute atomic E-state index is 0.103. The highest BCUT2D eigenvalue weighted by molar-refractivity contribution is 7.92. The van der Waals surface area contributed by atoms with Crippen LogP contribution in [-0.2, 0) is 20.0 Å². The molecular weight excluding hydrogens is 312 g/mol. The lowest BCUT2D eigenvalue weighted by atomic mass is 9.83. The van der Waals surface area contributed by atoms with Crippen molar-refractivity contribution < 1.29 is 16.8 Å². The van der Waals surface area contributed by atoms with Crippen LogP contribution in [-0.4, -0.2) is 34.2 Å². The van der Waals surface area contributed by atoms with Crippen molar-refractivity contribution >= 4 is 20.0 Å². The molecule has 0 aliphatic carbocycles. The van der Waals surface area contributed by atoms with E-state index in [1.54, 1.807) is 0 Å². The summed E-state index contributed by atoms with van der Waals surface area (Å²) in [7, 11) is -7.94. The molecule has 8 heteroatoms. The quantitative estimate of drug-likeness (QED) is 0.897. The van der Waals surface area contributed by atoms with Crippen LogP contribution in [0.15, 0.2) is 34.1 Å². The minimum Gasteiger partial charge on any atom is -0.225 e. The van der Waals surface area contributed by atoms with Crippen LogP contribution in [0.25, 0.3) is 0 Å². The molecule has 6 nitrogen and oxygen atoms in total. The summed E-state index contributed by atoms with van der Waals surface area (Å²) in [5, 5.41) is 5.12.